The van der Waals surface area contributed by atoms with E-state index in [0.29, 0.717) is 18.7 Å². The predicted molar refractivity (Wildman–Crippen MR) is 82.6 cm³/mol. The fourth-order valence-electron chi connectivity index (χ4n) is 1.55. The number of carbonyl (C=O) groups excluding carboxylic acids is 2. The minimum atomic E-state index is -0.169. The van der Waals surface area contributed by atoms with Gasteiger partial charge in [-0.3, -0.25) is 9.59 Å². The number of benzene rings is 1. The molecule has 2 amide bonds. The van der Waals surface area contributed by atoms with E-state index in [1.54, 1.807) is 12.1 Å². The molecule has 1 aromatic carbocycles. The molecule has 0 saturated heterocycles. The number of amides is 2. The Bertz CT molecular complexity index is 435. The van der Waals surface area contributed by atoms with Crippen LogP contribution in [0.3, 0.4) is 0 Å². The second kappa shape index (κ2) is 9.50. The van der Waals surface area contributed by atoms with Crippen molar-refractivity contribution in [3.8, 4) is 0 Å². The highest BCUT2D eigenvalue weighted by Gasteiger charge is 2.06. The van der Waals surface area contributed by atoms with Crippen LogP contribution < -0.4 is 16.0 Å². The van der Waals surface area contributed by atoms with Crippen LogP contribution in [-0.4, -0.2) is 38.0 Å². The summed E-state index contributed by atoms with van der Waals surface area (Å²) in [5.74, 6) is -0.225. The van der Waals surface area contributed by atoms with Crippen LogP contribution in [0.15, 0.2) is 28.7 Å². The molecule has 6 heteroatoms. The van der Waals surface area contributed by atoms with Crippen LogP contribution in [0.1, 0.15) is 23.7 Å². The largest absolute Gasteiger partial charge is 0.355 e. The first-order valence-corrected chi connectivity index (χ1v) is 7.44. The van der Waals surface area contributed by atoms with E-state index in [9.17, 15) is 9.59 Å². The summed E-state index contributed by atoms with van der Waals surface area (Å²) in [6, 6.07) is 7.08. The monoisotopic (exact) mass is 341 g/mol. The molecule has 0 aliphatic carbocycles. The standard InChI is InChI=1S/C14H20BrN3O2/c1-2-16-9-10-17-13(19)7-8-18-14(20)11-3-5-12(15)6-4-11/h3-6,16H,2,7-10H2,1H3,(H,17,19)(H,18,20). The second-order valence-electron chi connectivity index (χ2n) is 4.22. The van der Waals surface area contributed by atoms with E-state index in [1.807, 2.05) is 19.1 Å². The quantitative estimate of drug-likeness (QED) is 0.624. The Kier molecular flexibility index (Phi) is 7.91. The second-order valence-corrected chi connectivity index (χ2v) is 5.13. The Morgan fingerprint density at radius 1 is 1.05 bits per heavy atom. The van der Waals surface area contributed by atoms with Crippen LogP contribution in [0, 0.1) is 0 Å². The van der Waals surface area contributed by atoms with Crippen LogP contribution in [0.25, 0.3) is 0 Å². The summed E-state index contributed by atoms with van der Waals surface area (Å²) in [7, 11) is 0. The van der Waals surface area contributed by atoms with Crippen molar-refractivity contribution in [3.05, 3.63) is 34.3 Å². The van der Waals surface area contributed by atoms with Gasteiger partial charge in [0, 0.05) is 36.1 Å². The zero-order valence-corrected chi connectivity index (χ0v) is 13.1. The minimum Gasteiger partial charge on any atom is -0.355 e. The van der Waals surface area contributed by atoms with Crippen molar-refractivity contribution >= 4 is 27.7 Å². The number of likely N-dealkylation sites (N-methyl/N-ethyl adjacent to an activating group) is 1. The first-order chi connectivity index (χ1) is 9.63. The number of nitrogens with one attached hydrogen (secondary N) is 3. The SMILES string of the molecule is CCNCCNC(=O)CCNC(=O)c1ccc(Br)cc1. The van der Waals surface area contributed by atoms with Gasteiger partial charge in [0.15, 0.2) is 0 Å². The Balaban J connectivity index is 2.18. The van der Waals surface area contributed by atoms with E-state index in [-0.39, 0.29) is 18.2 Å². The Morgan fingerprint density at radius 3 is 2.40 bits per heavy atom. The van der Waals surface area contributed by atoms with Gasteiger partial charge in [-0.25, -0.2) is 0 Å². The molecule has 0 atom stereocenters. The average molecular weight is 342 g/mol. The van der Waals surface area contributed by atoms with Crippen LogP contribution >= 0.6 is 15.9 Å². The van der Waals surface area contributed by atoms with Crippen LogP contribution in [-0.2, 0) is 4.79 Å². The molecule has 0 saturated carbocycles. The minimum absolute atomic E-state index is 0.0565. The highest BCUT2D eigenvalue weighted by atomic mass is 79.9. The molecule has 0 bridgehead atoms. The van der Waals surface area contributed by atoms with Gasteiger partial charge in [0.05, 0.1) is 0 Å². The molecule has 0 unspecified atom stereocenters. The van der Waals surface area contributed by atoms with Gasteiger partial charge < -0.3 is 16.0 Å². The van der Waals surface area contributed by atoms with Crippen LogP contribution in [0.4, 0.5) is 0 Å². The summed E-state index contributed by atoms with van der Waals surface area (Å²) in [6.45, 7) is 4.60. The van der Waals surface area contributed by atoms with Gasteiger partial charge in [0.1, 0.15) is 0 Å². The molecule has 0 spiro atoms. The van der Waals surface area contributed by atoms with E-state index < -0.39 is 0 Å². The van der Waals surface area contributed by atoms with Crippen molar-refractivity contribution in [2.24, 2.45) is 0 Å². The first kappa shape index (κ1) is 16.7. The highest BCUT2D eigenvalue weighted by Crippen LogP contribution is 2.10. The topological polar surface area (TPSA) is 70.2 Å². The van der Waals surface area contributed by atoms with Crippen molar-refractivity contribution in [2.45, 2.75) is 13.3 Å². The summed E-state index contributed by atoms with van der Waals surface area (Å²) >= 11 is 3.31. The number of rotatable bonds is 8. The van der Waals surface area contributed by atoms with Crippen molar-refractivity contribution < 1.29 is 9.59 Å². The lowest BCUT2D eigenvalue weighted by Crippen LogP contribution is -2.34. The molecular weight excluding hydrogens is 322 g/mol. The maximum absolute atomic E-state index is 11.8. The summed E-state index contributed by atoms with van der Waals surface area (Å²) in [5.41, 5.74) is 0.584. The average Bonchev–Trinajstić information content (AvgIpc) is 2.44. The number of hydrogen-bond acceptors (Lipinski definition) is 3. The lowest BCUT2D eigenvalue weighted by Gasteiger charge is -2.07. The molecule has 0 aliphatic heterocycles. The maximum Gasteiger partial charge on any atom is 0.251 e. The third kappa shape index (κ3) is 6.68. The highest BCUT2D eigenvalue weighted by molar-refractivity contribution is 9.10. The molecule has 5 nitrogen and oxygen atoms in total. The van der Waals surface area contributed by atoms with E-state index in [0.717, 1.165) is 17.6 Å². The van der Waals surface area contributed by atoms with Gasteiger partial charge in [0.2, 0.25) is 5.91 Å². The van der Waals surface area contributed by atoms with Crippen molar-refractivity contribution in [1.82, 2.24) is 16.0 Å². The zero-order valence-electron chi connectivity index (χ0n) is 11.5. The third-order valence-corrected chi connectivity index (χ3v) is 3.15. The number of carbonyl (C=O) groups is 2. The van der Waals surface area contributed by atoms with Gasteiger partial charge in [-0.2, -0.15) is 0 Å². The van der Waals surface area contributed by atoms with E-state index in [4.69, 9.17) is 0 Å². The zero-order chi connectivity index (χ0) is 14.8. The maximum atomic E-state index is 11.8. The molecule has 3 N–H and O–H groups in total. The normalized spacial score (nSPS) is 10.1. The Morgan fingerprint density at radius 2 is 1.75 bits per heavy atom. The van der Waals surface area contributed by atoms with Gasteiger partial charge >= 0.3 is 0 Å². The van der Waals surface area contributed by atoms with E-state index in [1.165, 1.54) is 0 Å². The fourth-order valence-corrected chi connectivity index (χ4v) is 1.81. The smallest absolute Gasteiger partial charge is 0.251 e. The van der Waals surface area contributed by atoms with Gasteiger partial charge in [-0.1, -0.05) is 22.9 Å². The van der Waals surface area contributed by atoms with Crippen molar-refractivity contribution in [3.63, 3.8) is 0 Å². The van der Waals surface area contributed by atoms with E-state index in [2.05, 4.69) is 31.9 Å². The van der Waals surface area contributed by atoms with Gasteiger partial charge in [0.25, 0.3) is 5.91 Å². The molecule has 1 aromatic rings. The Labute approximate surface area is 127 Å². The molecule has 0 aliphatic rings. The number of hydrogen-bond donors (Lipinski definition) is 3. The van der Waals surface area contributed by atoms with Gasteiger partial charge in [-0.05, 0) is 30.8 Å². The van der Waals surface area contributed by atoms with Crippen LogP contribution in [0.2, 0.25) is 0 Å². The summed E-state index contributed by atoms with van der Waals surface area (Å²) in [6.07, 6.45) is 0.286. The molecule has 0 heterocycles. The van der Waals surface area contributed by atoms with Crippen molar-refractivity contribution in [2.75, 3.05) is 26.2 Å². The lowest BCUT2D eigenvalue weighted by molar-refractivity contribution is -0.120. The summed E-state index contributed by atoms with van der Waals surface area (Å²) in [4.78, 5) is 23.2. The molecule has 1 rings (SSSR count). The molecule has 0 radical (unpaired) electrons. The van der Waals surface area contributed by atoms with E-state index >= 15 is 0 Å². The molecule has 0 fully saturated rings. The fraction of sp³-hybridized carbons (Fsp3) is 0.429. The Hall–Kier alpha value is -1.40. The molecule has 0 aromatic heterocycles. The lowest BCUT2D eigenvalue weighted by atomic mass is 10.2. The number of halogens is 1. The predicted octanol–water partition coefficient (Wildman–Crippen LogP) is 1.29. The summed E-state index contributed by atoms with van der Waals surface area (Å²) in [5, 5.41) is 8.62. The van der Waals surface area contributed by atoms with Crippen molar-refractivity contribution in [1.29, 1.82) is 0 Å². The molecular formula is C14H20BrN3O2. The van der Waals surface area contributed by atoms with Crippen LogP contribution in [0.5, 0.6) is 0 Å². The molecule has 110 valence electrons. The molecule has 20 heavy (non-hydrogen) atoms. The summed E-state index contributed by atoms with van der Waals surface area (Å²) < 4.78 is 0.925. The van der Waals surface area contributed by atoms with Gasteiger partial charge in [-0.15, -0.1) is 0 Å². The third-order valence-electron chi connectivity index (χ3n) is 2.62. The first-order valence-electron chi connectivity index (χ1n) is 6.64.